The van der Waals surface area contributed by atoms with E-state index >= 15 is 0 Å². The van der Waals surface area contributed by atoms with E-state index in [4.69, 9.17) is 10.8 Å². The van der Waals surface area contributed by atoms with E-state index < -0.39 is 17.9 Å². The van der Waals surface area contributed by atoms with Gasteiger partial charge in [-0.25, -0.2) is 9.59 Å². The summed E-state index contributed by atoms with van der Waals surface area (Å²) in [6.07, 6.45) is 0. The summed E-state index contributed by atoms with van der Waals surface area (Å²) >= 11 is 0. The van der Waals surface area contributed by atoms with Crippen molar-refractivity contribution in [3.63, 3.8) is 0 Å². The van der Waals surface area contributed by atoms with Gasteiger partial charge in [-0.3, -0.25) is 4.79 Å². The zero-order chi connectivity index (χ0) is 16.2. The van der Waals surface area contributed by atoms with Crippen molar-refractivity contribution in [1.82, 2.24) is 4.90 Å². The van der Waals surface area contributed by atoms with Crippen LogP contribution >= 0.6 is 0 Å². The number of carbonyl (C=O) groups is 3. The number of likely N-dealkylation sites (N-methyl/N-ethyl adjacent to an activating group) is 1. The van der Waals surface area contributed by atoms with Crippen LogP contribution in [0.15, 0.2) is 12.1 Å². The molecule has 0 unspecified atom stereocenters. The molecule has 0 heterocycles. The molecule has 0 atom stereocenters. The Hall–Kier alpha value is -2.57. The van der Waals surface area contributed by atoms with Crippen molar-refractivity contribution in [2.45, 2.75) is 20.8 Å². The highest BCUT2D eigenvalue weighted by Gasteiger charge is 2.16. The van der Waals surface area contributed by atoms with Gasteiger partial charge >= 0.3 is 12.0 Å². The number of rotatable bonds is 5. The SMILES string of the molecule is CCN(CC(N)=O)C(=O)Nc1cc(C)c(C)c(C(=O)O)c1. The fourth-order valence-corrected chi connectivity index (χ4v) is 1.87. The second kappa shape index (κ2) is 6.74. The standard InChI is InChI=1S/C14H19N3O4/c1-4-17(7-12(15)18)14(21)16-10-5-8(2)9(3)11(6-10)13(19)20/h5-6H,4,7H2,1-3H3,(H2,15,18)(H,16,21)(H,19,20). The van der Waals surface area contributed by atoms with Crippen molar-refractivity contribution in [3.05, 3.63) is 28.8 Å². The van der Waals surface area contributed by atoms with E-state index in [1.165, 1.54) is 11.0 Å². The number of primary amides is 1. The van der Waals surface area contributed by atoms with Gasteiger partial charge < -0.3 is 21.1 Å². The molecule has 0 fully saturated rings. The van der Waals surface area contributed by atoms with Gasteiger partial charge in [0.25, 0.3) is 0 Å². The van der Waals surface area contributed by atoms with Gasteiger partial charge in [0.1, 0.15) is 6.54 Å². The van der Waals surface area contributed by atoms with E-state index in [1.807, 2.05) is 0 Å². The Bertz CT molecular complexity index is 584. The first-order chi connectivity index (χ1) is 9.76. The van der Waals surface area contributed by atoms with Gasteiger partial charge in [-0.1, -0.05) is 0 Å². The third kappa shape index (κ3) is 4.20. The molecule has 1 aromatic carbocycles. The molecule has 0 saturated carbocycles. The largest absolute Gasteiger partial charge is 0.478 e. The van der Waals surface area contributed by atoms with Crippen LogP contribution in [0.25, 0.3) is 0 Å². The number of carboxylic acid groups (broad SMARTS) is 1. The van der Waals surface area contributed by atoms with Crippen molar-refractivity contribution in [1.29, 1.82) is 0 Å². The zero-order valence-corrected chi connectivity index (χ0v) is 12.3. The molecule has 4 N–H and O–H groups in total. The highest BCUT2D eigenvalue weighted by atomic mass is 16.4. The van der Waals surface area contributed by atoms with Crippen LogP contribution in [-0.4, -0.2) is 41.0 Å². The Balaban J connectivity index is 2.99. The van der Waals surface area contributed by atoms with E-state index in [9.17, 15) is 14.4 Å². The Labute approximate surface area is 122 Å². The van der Waals surface area contributed by atoms with Crippen LogP contribution in [-0.2, 0) is 4.79 Å². The number of carboxylic acids is 1. The van der Waals surface area contributed by atoms with E-state index in [1.54, 1.807) is 26.8 Å². The molecule has 7 heteroatoms. The molecule has 21 heavy (non-hydrogen) atoms. The number of anilines is 1. The first-order valence-corrected chi connectivity index (χ1v) is 6.45. The Kier molecular flexibility index (Phi) is 5.29. The molecule has 0 aliphatic rings. The van der Waals surface area contributed by atoms with Crippen LogP contribution in [0.4, 0.5) is 10.5 Å². The van der Waals surface area contributed by atoms with E-state index in [0.717, 1.165) is 5.56 Å². The van der Waals surface area contributed by atoms with Gasteiger partial charge in [0.2, 0.25) is 5.91 Å². The van der Waals surface area contributed by atoms with Gasteiger partial charge in [-0.05, 0) is 44.0 Å². The molecule has 1 aromatic rings. The van der Waals surface area contributed by atoms with E-state index in [0.29, 0.717) is 17.8 Å². The maximum absolute atomic E-state index is 12.0. The molecule has 114 valence electrons. The van der Waals surface area contributed by atoms with Crippen LogP contribution in [0.3, 0.4) is 0 Å². The summed E-state index contributed by atoms with van der Waals surface area (Å²) in [7, 11) is 0. The molecule has 1 rings (SSSR count). The molecule has 0 bridgehead atoms. The summed E-state index contributed by atoms with van der Waals surface area (Å²) < 4.78 is 0. The molecular weight excluding hydrogens is 274 g/mol. The van der Waals surface area contributed by atoms with Crippen molar-refractivity contribution in [2.75, 3.05) is 18.4 Å². The lowest BCUT2D eigenvalue weighted by atomic mass is 10.0. The number of nitrogens with zero attached hydrogens (tertiary/aromatic N) is 1. The van der Waals surface area contributed by atoms with E-state index in [-0.39, 0.29) is 12.1 Å². The average molecular weight is 293 g/mol. The number of aromatic carboxylic acids is 1. The maximum Gasteiger partial charge on any atom is 0.336 e. The van der Waals surface area contributed by atoms with Crippen LogP contribution in [0.5, 0.6) is 0 Å². The highest BCUT2D eigenvalue weighted by Crippen LogP contribution is 2.20. The molecule has 0 spiro atoms. The lowest BCUT2D eigenvalue weighted by molar-refractivity contribution is -0.118. The normalized spacial score (nSPS) is 10.0. The van der Waals surface area contributed by atoms with Crippen LogP contribution in [0.1, 0.15) is 28.4 Å². The van der Waals surface area contributed by atoms with Crippen molar-refractivity contribution < 1.29 is 19.5 Å². The average Bonchev–Trinajstić information content (AvgIpc) is 2.39. The predicted molar refractivity (Wildman–Crippen MR) is 78.3 cm³/mol. The quantitative estimate of drug-likeness (QED) is 0.760. The molecule has 0 radical (unpaired) electrons. The van der Waals surface area contributed by atoms with Gasteiger partial charge in [-0.15, -0.1) is 0 Å². The number of nitrogens with two attached hydrogens (primary N) is 1. The minimum absolute atomic E-state index is 0.128. The topological polar surface area (TPSA) is 113 Å². The van der Waals surface area contributed by atoms with Crippen molar-refractivity contribution in [2.24, 2.45) is 5.73 Å². The lowest BCUT2D eigenvalue weighted by Gasteiger charge is -2.20. The molecular formula is C14H19N3O4. The Morgan fingerprint density at radius 1 is 1.29 bits per heavy atom. The Morgan fingerprint density at radius 2 is 1.90 bits per heavy atom. The van der Waals surface area contributed by atoms with Crippen molar-refractivity contribution in [3.8, 4) is 0 Å². The number of nitrogens with one attached hydrogen (secondary N) is 1. The number of amides is 3. The number of carbonyl (C=O) groups excluding carboxylic acids is 2. The van der Waals surface area contributed by atoms with E-state index in [2.05, 4.69) is 5.32 Å². The summed E-state index contributed by atoms with van der Waals surface area (Å²) in [5.41, 5.74) is 6.96. The first-order valence-electron chi connectivity index (χ1n) is 6.45. The minimum Gasteiger partial charge on any atom is -0.478 e. The molecule has 7 nitrogen and oxygen atoms in total. The number of benzene rings is 1. The monoisotopic (exact) mass is 293 g/mol. The second-order valence-corrected chi connectivity index (χ2v) is 4.68. The maximum atomic E-state index is 12.0. The van der Waals surface area contributed by atoms with Crippen molar-refractivity contribution >= 4 is 23.6 Å². The third-order valence-corrected chi connectivity index (χ3v) is 3.16. The van der Waals surface area contributed by atoms with Crippen LogP contribution in [0, 0.1) is 13.8 Å². The van der Waals surface area contributed by atoms with Gasteiger partial charge in [0, 0.05) is 12.2 Å². The fraction of sp³-hybridized carbons (Fsp3) is 0.357. The Morgan fingerprint density at radius 3 is 2.38 bits per heavy atom. The number of urea groups is 1. The summed E-state index contributed by atoms with van der Waals surface area (Å²) in [4.78, 5) is 35.3. The van der Waals surface area contributed by atoms with Crippen LogP contribution < -0.4 is 11.1 Å². The van der Waals surface area contributed by atoms with Gasteiger partial charge in [0.05, 0.1) is 5.56 Å². The number of aryl methyl sites for hydroxylation is 1. The van der Waals surface area contributed by atoms with Crippen LogP contribution in [0.2, 0.25) is 0 Å². The summed E-state index contributed by atoms with van der Waals surface area (Å²) in [6.45, 7) is 5.30. The first kappa shape index (κ1) is 16.5. The smallest absolute Gasteiger partial charge is 0.336 e. The molecule has 0 aliphatic carbocycles. The molecule has 3 amide bonds. The van der Waals surface area contributed by atoms with Gasteiger partial charge in [0.15, 0.2) is 0 Å². The fourth-order valence-electron chi connectivity index (χ4n) is 1.87. The molecule has 0 aromatic heterocycles. The number of hydrogen-bond donors (Lipinski definition) is 3. The summed E-state index contributed by atoms with van der Waals surface area (Å²) in [5.74, 6) is -1.67. The lowest BCUT2D eigenvalue weighted by Crippen LogP contribution is -2.40. The highest BCUT2D eigenvalue weighted by molar-refractivity contribution is 5.95. The van der Waals surface area contributed by atoms with Gasteiger partial charge in [-0.2, -0.15) is 0 Å². The predicted octanol–water partition coefficient (Wildman–Crippen LogP) is 1.34. The summed E-state index contributed by atoms with van der Waals surface area (Å²) in [5, 5.41) is 11.7. The molecule has 0 saturated heterocycles. The second-order valence-electron chi connectivity index (χ2n) is 4.68. The minimum atomic E-state index is -1.06. The molecule has 0 aliphatic heterocycles. The third-order valence-electron chi connectivity index (χ3n) is 3.16. The number of hydrogen-bond acceptors (Lipinski definition) is 3. The summed E-state index contributed by atoms with van der Waals surface area (Å²) in [6, 6.07) is 2.56. The zero-order valence-electron chi connectivity index (χ0n) is 12.3.